The van der Waals surface area contributed by atoms with E-state index < -0.39 is 26.3 Å². The molecule has 1 fully saturated rings. The number of hydrogen-bond acceptors (Lipinski definition) is 2. The Bertz CT molecular complexity index is 670. The lowest BCUT2D eigenvalue weighted by molar-refractivity contribution is 0.0723. The second-order valence-corrected chi connectivity index (χ2v) is 11.9. The van der Waals surface area contributed by atoms with Gasteiger partial charge in [-0.3, -0.25) is 0 Å². The third-order valence-corrected chi connectivity index (χ3v) is 8.89. The van der Waals surface area contributed by atoms with Crippen LogP contribution in [0.3, 0.4) is 0 Å². The summed E-state index contributed by atoms with van der Waals surface area (Å²) in [6.07, 6.45) is 5.90. The number of sulfone groups is 1. The van der Waals surface area contributed by atoms with E-state index in [1.54, 1.807) is 0 Å². The molecule has 2 rings (SSSR count). The Morgan fingerprint density at radius 3 is 2.52 bits per heavy atom. The highest BCUT2D eigenvalue weighted by molar-refractivity contribution is 7.93. The van der Waals surface area contributed by atoms with Gasteiger partial charge in [0.1, 0.15) is 0 Å². The SMILES string of the molecule is C=C1CCC[C@]2(C)C([C@H](C)CCC(F)(F)S(=O)(=O)C(C)(C)C)=CC[C@@H]12. The van der Waals surface area contributed by atoms with E-state index in [2.05, 4.69) is 19.6 Å². The van der Waals surface area contributed by atoms with Crippen molar-refractivity contribution in [3.63, 3.8) is 0 Å². The Balaban J connectivity index is 2.11. The second-order valence-electron chi connectivity index (χ2n) is 9.07. The van der Waals surface area contributed by atoms with Crippen LogP contribution in [0.15, 0.2) is 23.8 Å². The lowest BCUT2D eigenvalue weighted by Gasteiger charge is -2.42. The Morgan fingerprint density at radius 1 is 1.36 bits per heavy atom. The van der Waals surface area contributed by atoms with Gasteiger partial charge in [-0.15, -0.1) is 0 Å². The number of allylic oxidation sites excluding steroid dienone is 3. The molecule has 1 saturated carbocycles. The molecule has 144 valence electrons. The molecule has 0 saturated heterocycles. The molecule has 0 aliphatic heterocycles. The lowest BCUT2D eigenvalue weighted by atomic mass is 9.62. The molecule has 0 radical (unpaired) electrons. The summed E-state index contributed by atoms with van der Waals surface area (Å²) in [5.41, 5.74) is 2.50. The van der Waals surface area contributed by atoms with E-state index in [9.17, 15) is 17.2 Å². The summed E-state index contributed by atoms with van der Waals surface area (Å²) in [5, 5.41) is -3.69. The van der Waals surface area contributed by atoms with E-state index >= 15 is 0 Å². The van der Waals surface area contributed by atoms with Crippen LogP contribution in [0.1, 0.15) is 73.1 Å². The normalized spacial score (nSPS) is 29.3. The van der Waals surface area contributed by atoms with Crippen LogP contribution in [0.5, 0.6) is 0 Å². The van der Waals surface area contributed by atoms with Crippen molar-refractivity contribution in [2.75, 3.05) is 0 Å². The van der Waals surface area contributed by atoms with Crippen molar-refractivity contribution in [2.24, 2.45) is 17.3 Å². The fourth-order valence-corrected chi connectivity index (χ4v) is 5.90. The Morgan fingerprint density at radius 2 is 1.96 bits per heavy atom. The molecule has 0 bridgehead atoms. The van der Waals surface area contributed by atoms with E-state index in [1.807, 2.05) is 6.92 Å². The van der Waals surface area contributed by atoms with Gasteiger partial charge in [0.05, 0.1) is 4.75 Å². The molecular weight excluding hydrogens is 342 g/mol. The van der Waals surface area contributed by atoms with Crippen LogP contribution < -0.4 is 0 Å². The monoisotopic (exact) mass is 374 g/mol. The number of fused-ring (bicyclic) bond motifs is 1. The van der Waals surface area contributed by atoms with Crippen LogP contribution in [0.4, 0.5) is 8.78 Å². The zero-order valence-electron chi connectivity index (χ0n) is 16.2. The Labute approximate surface area is 151 Å². The van der Waals surface area contributed by atoms with Gasteiger partial charge in [0.25, 0.3) is 0 Å². The van der Waals surface area contributed by atoms with Crippen molar-refractivity contribution in [1.82, 2.24) is 0 Å². The number of alkyl halides is 2. The molecule has 0 unspecified atom stereocenters. The maximum atomic E-state index is 14.4. The summed E-state index contributed by atoms with van der Waals surface area (Å²) in [7, 11) is -4.51. The van der Waals surface area contributed by atoms with Gasteiger partial charge in [0.2, 0.25) is 9.84 Å². The third kappa shape index (κ3) is 3.45. The maximum absolute atomic E-state index is 14.4. The van der Waals surface area contributed by atoms with E-state index in [0.717, 1.165) is 25.7 Å². The summed E-state index contributed by atoms with van der Waals surface area (Å²) in [5.74, 6) is 0.375. The van der Waals surface area contributed by atoms with Crippen molar-refractivity contribution >= 4 is 9.84 Å². The molecule has 0 spiro atoms. The van der Waals surface area contributed by atoms with Crippen LogP contribution >= 0.6 is 0 Å². The fraction of sp³-hybridized carbons (Fsp3) is 0.800. The molecule has 0 aromatic heterocycles. The standard InChI is InChI=1S/C20H32F2O2S/c1-14-8-7-12-19(6)16(14)9-10-17(19)15(2)11-13-20(21,22)25(23,24)18(3,4)5/h10,15-16H,1,7-9,11-13H2,2-6H3/t15-,16+,19+/m1/s1. The quantitative estimate of drug-likeness (QED) is 0.561. The van der Waals surface area contributed by atoms with Crippen molar-refractivity contribution in [1.29, 1.82) is 0 Å². The molecule has 0 N–H and O–H groups in total. The molecule has 0 aromatic rings. The van der Waals surface area contributed by atoms with E-state index in [0.29, 0.717) is 5.92 Å². The molecule has 25 heavy (non-hydrogen) atoms. The molecule has 2 aliphatic rings. The van der Waals surface area contributed by atoms with Gasteiger partial charge in [-0.25, -0.2) is 8.42 Å². The first-order valence-electron chi connectivity index (χ1n) is 9.24. The zero-order valence-corrected chi connectivity index (χ0v) is 17.0. The smallest absolute Gasteiger partial charge is 0.222 e. The molecule has 0 heterocycles. The van der Waals surface area contributed by atoms with Crippen molar-refractivity contribution in [3.8, 4) is 0 Å². The van der Waals surface area contributed by atoms with Crippen molar-refractivity contribution in [2.45, 2.75) is 83.1 Å². The van der Waals surface area contributed by atoms with Gasteiger partial charge in [-0.2, -0.15) is 8.78 Å². The highest BCUT2D eigenvalue weighted by atomic mass is 32.2. The van der Waals surface area contributed by atoms with Gasteiger partial charge < -0.3 is 0 Å². The van der Waals surface area contributed by atoms with Crippen LogP contribution in [0.25, 0.3) is 0 Å². The minimum atomic E-state index is -4.51. The highest BCUT2D eigenvalue weighted by Gasteiger charge is 2.52. The van der Waals surface area contributed by atoms with Crippen LogP contribution in [0, 0.1) is 17.3 Å². The summed E-state index contributed by atoms with van der Waals surface area (Å²) in [6, 6.07) is 0. The Kier molecular flexibility index (Phi) is 5.33. The first-order chi connectivity index (χ1) is 11.2. The summed E-state index contributed by atoms with van der Waals surface area (Å²) in [4.78, 5) is 0. The molecule has 3 atom stereocenters. The average molecular weight is 375 g/mol. The highest BCUT2D eigenvalue weighted by Crippen LogP contribution is 2.56. The van der Waals surface area contributed by atoms with Crippen LogP contribution in [-0.2, 0) is 9.84 Å². The predicted molar refractivity (Wildman–Crippen MR) is 99.3 cm³/mol. The molecule has 2 nitrogen and oxygen atoms in total. The molecular formula is C20H32F2O2S. The Hall–Kier alpha value is -0.710. The molecule has 5 heteroatoms. The molecule has 2 aliphatic carbocycles. The maximum Gasteiger partial charge on any atom is 0.346 e. The largest absolute Gasteiger partial charge is 0.346 e. The third-order valence-electron chi connectivity index (χ3n) is 6.29. The van der Waals surface area contributed by atoms with Gasteiger partial charge >= 0.3 is 5.25 Å². The topological polar surface area (TPSA) is 34.1 Å². The lowest BCUT2D eigenvalue weighted by Crippen LogP contribution is -2.42. The van der Waals surface area contributed by atoms with E-state index in [4.69, 9.17) is 0 Å². The van der Waals surface area contributed by atoms with Crippen molar-refractivity contribution < 1.29 is 17.2 Å². The van der Waals surface area contributed by atoms with Crippen LogP contribution in [-0.4, -0.2) is 18.4 Å². The van der Waals surface area contributed by atoms with Gasteiger partial charge in [0.15, 0.2) is 0 Å². The minimum absolute atomic E-state index is 0.00688. The molecule has 0 aromatic carbocycles. The van der Waals surface area contributed by atoms with Gasteiger partial charge in [-0.1, -0.05) is 37.6 Å². The van der Waals surface area contributed by atoms with E-state index in [1.165, 1.54) is 31.9 Å². The fourth-order valence-electron chi connectivity index (χ4n) is 4.62. The molecule has 0 amide bonds. The first kappa shape index (κ1) is 20.6. The summed E-state index contributed by atoms with van der Waals surface area (Å²) in [6.45, 7) is 12.4. The average Bonchev–Trinajstić information content (AvgIpc) is 2.82. The zero-order chi connectivity index (χ0) is 19.3. The van der Waals surface area contributed by atoms with Gasteiger partial charge in [-0.05, 0) is 70.1 Å². The summed E-state index contributed by atoms with van der Waals surface area (Å²) < 4.78 is 51.7. The number of halogens is 2. The first-order valence-corrected chi connectivity index (χ1v) is 10.7. The predicted octanol–water partition coefficient (Wildman–Crippen LogP) is 5.90. The van der Waals surface area contributed by atoms with E-state index in [-0.39, 0.29) is 17.8 Å². The van der Waals surface area contributed by atoms with Crippen molar-refractivity contribution in [3.05, 3.63) is 23.8 Å². The van der Waals surface area contributed by atoms with Crippen LogP contribution in [0.2, 0.25) is 0 Å². The summed E-state index contributed by atoms with van der Waals surface area (Å²) >= 11 is 0. The minimum Gasteiger partial charge on any atom is -0.222 e. The number of hydrogen-bond donors (Lipinski definition) is 0. The second kappa shape index (κ2) is 6.47. The number of rotatable bonds is 5. The van der Waals surface area contributed by atoms with Gasteiger partial charge in [0, 0.05) is 6.42 Å².